The Morgan fingerprint density at radius 3 is 2.17 bits per heavy atom. The summed E-state index contributed by atoms with van der Waals surface area (Å²) in [5, 5.41) is 0.775. The molecule has 1 saturated heterocycles. The fourth-order valence-corrected chi connectivity index (χ4v) is 1.50. The van der Waals surface area contributed by atoms with E-state index in [0.29, 0.717) is 0 Å². The van der Waals surface area contributed by atoms with Crippen molar-refractivity contribution in [3.05, 3.63) is 34.9 Å². The summed E-state index contributed by atoms with van der Waals surface area (Å²) < 4.78 is 5.49. The Labute approximate surface area is 77.3 Å². The van der Waals surface area contributed by atoms with Crippen molar-refractivity contribution in [2.75, 3.05) is 0 Å². The van der Waals surface area contributed by atoms with Gasteiger partial charge in [-0.15, -0.1) is 0 Å². The first-order chi connectivity index (χ1) is 5.59. The summed E-state index contributed by atoms with van der Waals surface area (Å²) in [6.07, 6.45) is 0.259. The molecule has 0 spiro atoms. The van der Waals surface area contributed by atoms with Crippen molar-refractivity contribution in [3.8, 4) is 0 Å². The molecule has 0 amide bonds. The molecule has 0 aromatic heterocycles. The molecule has 1 aromatic carbocycles. The number of hydrogen-bond acceptors (Lipinski definition) is 1. The van der Waals surface area contributed by atoms with Crippen LogP contribution in [-0.4, -0.2) is 5.60 Å². The molecule has 0 radical (unpaired) electrons. The molecule has 1 aromatic rings. The van der Waals surface area contributed by atoms with Crippen LogP contribution in [0.3, 0.4) is 0 Å². The van der Waals surface area contributed by atoms with E-state index in [4.69, 9.17) is 16.3 Å². The summed E-state index contributed by atoms with van der Waals surface area (Å²) in [4.78, 5) is 0. The van der Waals surface area contributed by atoms with Gasteiger partial charge in [0, 0.05) is 5.02 Å². The van der Waals surface area contributed by atoms with E-state index in [9.17, 15) is 0 Å². The Balaban J connectivity index is 2.21. The Bertz CT molecular complexity index is 289. The van der Waals surface area contributed by atoms with Gasteiger partial charge in [0.15, 0.2) is 0 Å². The van der Waals surface area contributed by atoms with Crippen LogP contribution < -0.4 is 0 Å². The van der Waals surface area contributed by atoms with Crippen LogP contribution in [0.5, 0.6) is 0 Å². The zero-order valence-electron chi connectivity index (χ0n) is 7.17. The van der Waals surface area contributed by atoms with E-state index in [-0.39, 0.29) is 11.7 Å². The molecule has 1 aliphatic rings. The fraction of sp³-hybridized carbons (Fsp3) is 0.400. The van der Waals surface area contributed by atoms with Crippen LogP contribution in [0.25, 0.3) is 0 Å². The van der Waals surface area contributed by atoms with Gasteiger partial charge in [-0.25, -0.2) is 0 Å². The molecule has 1 nitrogen and oxygen atoms in total. The Morgan fingerprint density at radius 2 is 1.75 bits per heavy atom. The highest BCUT2D eigenvalue weighted by Crippen LogP contribution is 2.48. The van der Waals surface area contributed by atoms with Crippen molar-refractivity contribution in [2.24, 2.45) is 0 Å². The highest BCUT2D eigenvalue weighted by Gasteiger charge is 2.48. The lowest BCUT2D eigenvalue weighted by Gasteiger charge is -1.97. The monoisotopic (exact) mass is 182 g/mol. The minimum absolute atomic E-state index is 0.0217. The normalized spacial score (nSPS) is 25.4. The van der Waals surface area contributed by atoms with Crippen LogP contribution in [0.4, 0.5) is 0 Å². The summed E-state index contributed by atoms with van der Waals surface area (Å²) in [7, 11) is 0. The fourth-order valence-electron chi connectivity index (χ4n) is 1.38. The number of hydrogen-bond donors (Lipinski definition) is 0. The summed E-state index contributed by atoms with van der Waals surface area (Å²) >= 11 is 5.77. The van der Waals surface area contributed by atoms with Crippen LogP contribution in [0, 0.1) is 0 Å². The number of benzene rings is 1. The first-order valence-corrected chi connectivity index (χ1v) is 4.41. The van der Waals surface area contributed by atoms with Gasteiger partial charge < -0.3 is 4.74 Å². The van der Waals surface area contributed by atoms with Crippen LogP contribution in [-0.2, 0) is 4.74 Å². The van der Waals surface area contributed by atoms with Crippen LogP contribution in [0.1, 0.15) is 25.5 Å². The highest BCUT2D eigenvalue weighted by atomic mass is 35.5. The molecule has 0 saturated carbocycles. The molecule has 2 heteroatoms. The number of ether oxygens (including phenoxy) is 1. The number of rotatable bonds is 1. The predicted octanol–water partition coefficient (Wildman–Crippen LogP) is 3.19. The van der Waals surface area contributed by atoms with E-state index in [1.807, 2.05) is 24.3 Å². The van der Waals surface area contributed by atoms with Gasteiger partial charge in [-0.1, -0.05) is 23.7 Å². The average molecular weight is 183 g/mol. The Morgan fingerprint density at radius 1 is 1.25 bits per heavy atom. The zero-order chi connectivity index (χ0) is 8.77. The number of halogens is 1. The Hall–Kier alpha value is -0.530. The van der Waals surface area contributed by atoms with Gasteiger partial charge in [0.1, 0.15) is 6.10 Å². The second-order valence-corrected chi connectivity index (χ2v) is 4.09. The lowest BCUT2D eigenvalue weighted by Crippen LogP contribution is -1.96. The quantitative estimate of drug-likeness (QED) is 0.608. The van der Waals surface area contributed by atoms with Gasteiger partial charge in [-0.3, -0.25) is 0 Å². The first-order valence-electron chi connectivity index (χ1n) is 4.03. The second kappa shape index (κ2) is 2.48. The molecule has 12 heavy (non-hydrogen) atoms. The SMILES string of the molecule is CC1(C)OC1c1ccc(Cl)cc1. The second-order valence-electron chi connectivity index (χ2n) is 3.65. The smallest absolute Gasteiger partial charge is 0.112 e. The topological polar surface area (TPSA) is 12.5 Å². The molecule has 0 aliphatic carbocycles. The minimum Gasteiger partial charge on any atom is -0.362 e. The lowest BCUT2D eigenvalue weighted by molar-refractivity contribution is 0.325. The third-order valence-corrected chi connectivity index (χ3v) is 2.42. The van der Waals surface area contributed by atoms with Gasteiger partial charge in [-0.2, -0.15) is 0 Å². The maximum atomic E-state index is 5.77. The average Bonchev–Trinajstić information content (AvgIpc) is 2.61. The highest BCUT2D eigenvalue weighted by molar-refractivity contribution is 6.30. The zero-order valence-corrected chi connectivity index (χ0v) is 7.93. The molecular formula is C10H11ClO. The third kappa shape index (κ3) is 1.35. The van der Waals surface area contributed by atoms with Crippen LogP contribution in [0.15, 0.2) is 24.3 Å². The molecule has 1 fully saturated rings. The van der Waals surface area contributed by atoms with Crippen molar-refractivity contribution < 1.29 is 4.74 Å². The van der Waals surface area contributed by atoms with Gasteiger partial charge in [0.25, 0.3) is 0 Å². The van der Waals surface area contributed by atoms with Gasteiger partial charge in [0.2, 0.25) is 0 Å². The summed E-state index contributed by atoms with van der Waals surface area (Å²) in [6, 6.07) is 7.83. The van der Waals surface area contributed by atoms with Gasteiger partial charge >= 0.3 is 0 Å². The van der Waals surface area contributed by atoms with E-state index < -0.39 is 0 Å². The maximum Gasteiger partial charge on any atom is 0.112 e. The molecule has 64 valence electrons. The first kappa shape index (κ1) is 8.09. The largest absolute Gasteiger partial charge is 0.362 e. The Kier molecular flexibility index (Phi) is 1.67. The minimum atomic E-state index is 0.0217. The van der Waals surface area contributed by atoms with E-state index in [1.165, 1.54) is 5.56 Å². The molecule has 1 heterocycles. The van der Waals surface area contributed by atoms with Gasteiger partial charge in [0.05, 0.1) is 5.60 Å². The van der Waals surface area contributed by atoms with E-state index >= 15 is 0 Å². The van der Waals surface area contributed by atoms with Gasteiger partial charge in [-0.05, 0) is 31.5 Å². The lowest BCUT2D eigenvalue weighted by atomic mass is 10.0. The number of epoxide rings is 1. The van der Waals surface area contributed by atoms with Crippen molar-refractivity contribution in [1.29, 1.82) is 0 Å². The van der Waals surface area contributed by atoms with Crippen LogP contribution in [0.2, 0.25) is 5.02 Å². The molecule has 1 unspecified atom stereocenters. The summed E-state index contributed by atoms with van der Waals surface area (Å²) in [5.74, 6) is 0. The summed E-state index contributed by atoms with van der Waals surface area (Å²) in [6.45, 7) is 4.18. The third-order valence-electron chi connectivity index (χ3n) is 2.17. The standard InChI is InChI=1S/C10H11ClO/c1-10(2)9(12-10)7-3-5-8(11)6-4-7/h3-6,9H,1-2H3. The van der Waals surface area contributed by atoms with Crippen molar-refractivity contribution in [3.63, 3.8) is 0 Å². The predicted molar refractivity (Wildman–Crippen MR) is 49.4 cm³/mol. The van der Waals surface area contributed by atoms with Crippen molar-refractivity contribution in [2.45, 2.75) is 25.6 Å². The summed E-state index contributed by atoms with van der Waals surface area (Å²) in [5.41, 5.74) is 1.23. The molecular weight excluding hydrogens is 172 g/mol. The molecule has 1 aliphatic heterocycles. The maximum absolute atomic E-state index is 5.77. The van der Waals surface area contributed by atoms with E-state index in [1.54, 1.807) is 0 Å². The molecule has 0 N–H and O–H groups in total. The molecule has 0 bridgehead atoms. The van der Waals surface area contributed by atoms with Crippen molar-refractivity contribution in [1.82, 2.24) is 0 Å². The van der Waals surface area contributed by atoms with E-state index in [2.05, 4.69) is 13.8 Å². The van der Waals surface area contributed by atoms with E-state index in [0.717, 1.165) is 5.02 Å². The molecule has 1 atom stereocenters. The van der Waals surface area contributed by atoms with Crippen LogP contribution >= 0.6 is 11.6 Å². The molecule has 2 rings (SSSR count). The van der Waals surface area contributed by atoms with Crippen molar-refractivity contribution >= 4 is 11.6 Å².